The van der Waals surface area contributed by atoms with Gasteiger partial charge in [-0.25, -0.2) is 0 Å². The second-order valence-electron chi connectivity index (χ2n) is 6.83. The number of hydrogen-bond acceptors (Lipinski definition) is 2. The van der Waals surface area contributed by atoms with E-state index in [1.54, 1.807) is 30.3 Å². The number of rotatable bonds is 4. The van der Waals surface area contributed by atoms with E-state index in [0.717, 1.165) is 5.56 Å². The van der Waals surface area contributed by atoms with E-state index in [-0.39, 0.29) is 17.1 Å². The van der Waals surface area contributed by atoms with E-state index in [2.05, 4.69) is 38.2 Å². The van der Waals surface area contributed by atoms with Crippen LogP contribution in [0, 0.1) is 0 Å². The molecule has 0 aliphatic rings. The van der Waals surface area contributed by atoms with E-state index in [0.29, 0.717) is 11.3 Å². The number of benzene rings is 2. The zero-order valence-corrected chi connectivity index (χ0v) is 14.6. The average Bonchev–Trinajstić information content (AvgIpc) is 2.53. The Morgan fingerprint density at radius 1 is 1.00 bits per heavy atom. The molecule has 0 unspecified atom stereocenters. The molecule has 0 spiro atoms. The summed E-state index contributed by atoms with van der Waals surface area (Å²) in [6.45, 7) is 8.00. The van der Waals surface area contributed by atoms with Crippen LogP contribution in [0.15, 0.2) is 54.6 Å². The predicted octanol–water partition coefficient (Wildman–Crippen LogP) is 4.84. The molecule has 0 aromatic heterocycles. The van der Waals surface area contributed by atoms with Crippen LogP contribution >= 0.6 is 0 Å². The van der Waals surface area contributed by atoms with Gasteiger partial charge < -0.3 is 5.32 Å². The maximum Gasteiger partial charge on any atom is 0.248 e. The lowest BCUT2D eigenvalue weighted by Gasteiger charge is -2.18. The van der Waals surface area contributed by atoms with Gasteiger partial charge in [-0.15, -0.1) is 0 Å². The standard InChI is InChI=1S/C21H23NO2/c1-15(23)17-6-5-7-19(14-17)22-20(24)13-10-16-8-11-18(12-9-16)21(2,3)4/h5-14H,1-4H3,(H,22,24)/b13-10+. The van der Waals surface area contributed by atoms with Gasteiger partial charge in [0.15, 0.2) is 5.78 Å². The third-order valence-electron chi connectivity index (χ3n) is 3.74. The van der Waals surface area contributed by atoms with Crippen LogP contribution in [0.25, 0.3) is 6.08 Å². The summed E-state index contributed by atoms with van der Waals surface area (Å²) in [6, 6.07) is 15.1. The third-order valence-corrected chi connectivity index (χ3v) is 3.74. The van der Waals surface area contributed by atoms with Crippen LogP contribution < -0.4 is 5.32 Å². The summed E-state index contributed by atoms with van der Waals surface area (Å²) in [5.74, 6) is -0.254. The van der Waals surface area contributed by atoms with Crippen molar-refractivity contribution in [3.63, 3.8) is 0 Å². The first-order chi connectivity index (χ1) is 11.3. The van der Waals surface area contributed by atoms with Gasteiger partial charge in [0, 0.05) is 17.3 Å². The van der Waals surface area contributed by atoms with Crippen molar-refractivity contribution in [1.82, 2.24) is 0 Å². The van der Waals surface area contributed by atoms with Gasteiger partial charge in [-0.1, -0.05) is 57.2 Å². The lowest BCUT2D eigenvalue weighted by atomic mass is 9.87. The number of nitrogens with one attached hydrogen (secondary N) is 1. The topological polar surface area (TPSA) is 46.2 Å². The van der Waals surface area contributed by atoms with Crippen LogP contribution in [0.2, 0.25) is 0 Å². The Labute approximate surface area is 143 Å². The number of carbonyl (C=O) groups excluding carboxylic acids is 2. The molecule has 2 aromatic rings. The molecule has 0 saturated heterocycles. The maximum absolute atomic E-state index is 12.0. The van der Waals surface area contributed by atoms with Crippen molar-refractivity contribution in [2.24, 2.45) is 0 Å². The summed E-state index contributed by atoms with van der Waals surface area (Å²) in [6.07, 6.45) is 3.27. The van der Waals surface area contributed by atoms with Crippen molar-refractivity contribution in [1.29, 1.82) is 0 Å². The number of hydrogen-bond donors (Lipinski definition) is 1. The fourth-order valence-corrected chi connectivity index (χ4v) is 2.27. The fourth-order valence-electron chi connectivity index (χ4n) is 2.27. The van der Waals surface area contributed by atoms with Crippen molar-refractivity contribution < 1.29 is 9.59 Å². The van der Waals surface area contributed by atoms with Gasteiger partial charge in [-0.2, -0.15) is 0 Å². The maximum atomic E-state index is 12.0. The molecular formula is C21H23NO2. The lowest BCUT2D eigenvalue weighted by molar-refractivity contribution is -0.111. The van der Waals surface area contributed by atoms with E-state index in [1.807, 2.05) is 12.1 Å². The fraction of sp³-hybridized carbons (Fsp3) is 0.238. The minimum absolute atomic E-state index is 0.0272. The van der Waals surface area contributed by atoms with E-state index >= 15 is 0 Å². The second kappa shape index (κ2) is 7.26. The van der Waals surface area contributed by atoms with Crippen LogP contribution in [0.1, 0.15) is 49.2 Å². The average molecular weight is 321 g/mol. The molecule has 0 bridgehead atoms. The lowest BCUT2D eigenvalue weighted by Crippen LogP contribution is -2.10. The third kappa shape index (κ3) is 4.92. The molecule has 1 amide bonds. The van der Waals surface area contributed by atoms with Crippen molar-refractivity contribution in [3.05, 3.63) is 71.3 Å². The Balaban J connectivity index is 2.03. The molecule has 2 rings (SSSR count). The summed E-state index contributed by atoms with van der Waals surface area (Å²) < 4.78 is 0. The van der Waals surface area contributed by atoms with Gasteiger partial charge in [0.25, 0.3) is 0 Å². The smallest absolute Gasteiger partial charge is 0.248 e. The zero-order chi connectivity index (χ0) is 17.7. The largest absolute Gasteiger partial charge is 0.322 e. The van der Waals surface area contributed by atoms with Crippen LogP contribution in [0.4, 0.5) is 5.69 Å². The highest BCUT2D eigenvalue weighted by Crippen LogP contribution is 2.22. The highest BCUT2D eigenvalue weighted by molar-refractivity contribution is 6.03. The number of anilines is 1. The van der Waals surface area contributed by atoms with E-state index in [4.69, 9.17) is 0 Å². The Morgan fingerprint density at radius 3 is 2.25 bits per heavy atom. The second-order valence-corrected chi connectivity index (χ2v) is 6.83. The molecule has 0 saturated carbocycles. The van der Waals surface area contributed by atoms with Crippen molar-refractivity contribution >= 4 is 23.5 Å². The number of carbonyl (C=O) groups is 2. The van der Waals surface area contributed by atoms with Crippen LogP contribution in [-0.2, 0) is 10.2 Å². The number of ketones is 1. The minimum atomic E-state index is -0.226. The van der Waals surface area contributed by atoms with E-state index < -0.39 is 0 Å². The first-order valence-corrected chi connectivity index (χ1v) is 7.96. The Morgan fingerprint density at radius 2 is 1.67 bits per heavy atom. The Kier molecular flexibility index (Phi) is 5.35. The molecule has 0 atom stereocenters. The molecule has 1 N–H and O–H groups in total. The van der Waals surface area contributed by atoms with Crippen LogP contribution in [0.5, 0.6) is 0 Å². The summed E-state index contributed by atoms with van der Waals surface area (Å²) >= 11 is 0. The first-order valence-electron chi connectivity index (χ1n) is 7.96. The summed E-state index contributed by atoms with van der Waals surface area (Å²) in [5.41, 5.74) is 3.53. The van der Waals surface area contributed by atoms with E-state index in [1.165, 1.54) is 18.6 Å². The minimum Gasteiger partial charge on any atom is -0.322 e. The molecule has 0 fully saturated rings. The van der Waals surface area contributed by atoms with Crippen molar-refractivity contribution in [2.75, 3.05) is 5.32 Å². The van der Waals surface area contributed by atoms with Crippen molar-refractivity contribution in [3.8, 4) is 0 Å². The summed E-state index contributed by atoms with van der Waals surface area (Å²) in [7, 11) is 0. The molecule has 0 aliphatic carbocycles. The number of amides is 1. The van der Waals surface area contributed by atoms with Gasteiger partial charge in [0.1, 0.15) is 0 Å². The van der Waals surface area contributed by atoms with Crippen LogP contribution in [-0.4, -0.2) is 11.7 Å². The van der Waals surface area contributed by atoms with E-state index in [9.17, 15) is 9.59 Å². The zero-order valence-electron chi connectivity index (χ0n) is 14.6. The highest BCUT2D eigenvalue weighted by atomic mass is 16.1. The monoisotopic (exact) mass is 321 g/mol. The molecule has 2 aromatic carbocycles. The van der Waals surface area contributed by atoms with Gasteiger partial charge in [0.2, 0.25) is 5.91 Å². The molecule has 124 valence electrons. The molecule has 0 aliphatic heterocycles. The molecule has 24 heavy (non-hydrogen) atoms. The SMILES string of the molecule is CC(=O)c1cccc(NC(=O)/C=C/c2ccc(C(C)(C)C)cc2)c1. The normalized spacial score (nSPS) is 11.5. The van der Waals surface area contributed by atoms with Gasteiger partial charge in [0.05, 0.1) is 0 Å². The molecule has 0 radical (unpaired) electrons. The summed E-state index contributed by atoms with van der Waals surface area (Å²) in [5, 5.41) is 2.77. The van der Waals surface area contributed by atoms with Gasteiger partial charge >= 0.3 is 0 Å². The molecule has 3 nitrogen and oxygen atoms in total. The predicted molar refractivity (Wildman–Crippen MR) is 99.3 cm³/mol. The Bertz CT molecular complexity index is 765. The molecule has 0 heterocycles. The molecular weight excluding hydrogens is 298 g/mol. The van der Waals surface area contributed by atoms with Gasteiger partial charge in [-0.3, -0.25) is 9.59 Å². The number of Topliss-reactive ketones (excluding diaryl/α,β-unsaturated/α-hetero) is 1. The van der Waals surface area contributed by atoms with Crippen LogP contribution in [0.3, 0.4) is 0 Å². The Hall–Kier alpha value is -2.68. The first kappa shape index (κ1) is 17.7. The quantitative estimate of drug-likeness (QED) is 0.647. The van der Waals surface area contributed by atoms with Crippen molar-refractivity contribution in [2.45, 2.75) is 33.1 Å². The summed E-state index contributed by atoms with van der Waals surface area (Å²) in [4.78, 5) is 23.4. The highest BCUT2D eigenvalue weighted by Gasteiger charge is 2.12. The van der Waals surface area contributed by atoms with Gasteiger partial charge in [-0.05, 0) is 41.7 Å². The molecule has 3 heteroatoms.